The van der Waals surface area contributed by atoms with Crippen molar-refractivity contribution >= 4 is 34.7 Å². The predicted octanol–water partition coefficient (Wildman–Crippen LogP) is 5.25. The molecule has 1 unspecified atom stereocenters. The molecule has 37 heavy (non-hydrogen) atoms. The predicted molar refractivity (Wildman–Crippen MR) is 138 cm³/mol. The third kappa shape index (κ3) is 4.69. The molecule has 8 nitrogen and oxygen atoms in total. The first-order valence-corrected chi connectivity index (χ1v) is 11.7. The molecule has 1 aliphatic rings. The molecule has 3 aromatic rings. The Morgan fingerprint density at radius 2 is 1.76 bits per heavy atom. The van der Waals surface area contributed by atoms with Gasteiger partial charge >= 0.3 is 0 Å². The Balaban J connectivity index is 1.99. The molecule has 1 saturated heterocycles. The molecule has 0 radical (unpaired) electrons. The van der Waals surface area contributed by atoms with Gasteiger partial charge in [-0.2, -0.15) is 5.26 Å². The van der Waals surface area contributed by atoms with E-state index in [-0.39, 0.29) is 16.2 Å². The van der Waals surface area contributed by atoms with Gasteiger partial charge in [0.15, 0.2) is 11.5 Å². The number of hydrogen-bond acceptors (Lipinski definition) is 7. The highest BCUT2D eigenvalue weighted by molar-refractivity contribution is 6.52. The van der Waals surface area contributed by atoms with Crippen molar-refractivity contribution in [3.05, 3.63) is 87.9 Å². The highest BCUT2D eigenvalue weighted by Gasteiger charge is 2.47. The zero-order valence-corrected chi connectivity index (χ0v) is 21.1. The molecule has 1 amide bonds. The lowest BCUT2D eigenvalue weighted by atomic mass is 9.94. The molecule has 1 atom stereocenters. The van der Waals surface area contributed by atoms with Crippen molar-refractivity contribution in [3.63, 3.8) is 0 Å². The van der Waals surface area contributed by atoms with Crippen molar-refractivity contribution in [2.45, 2.75) is 13.0 Å². The molecule has 1 aliphatic heterocycles. The first-order valence-electron chi connectivity index (χ1n) is 11.3. The number of nitriles is 1. The average Bonchev–Trinajstić information content (AvgIpc) is 3.18. The van der Waals surface area contributed by atoms with E-state index in [2.05, 4.69) is 0 Å². The third-order valence-electron chi connectivity index (χ3n) is 5.95. The van der Waals surface area contributed by atoms with Crippen LogP contribution in [0.4, 0.5) is 5.69 Å². The van der Waals surface area contributed by atoms with E-state index in [0.29, 0.717) is 40.7 Å². The lowest BCUT2D eigenvalue weighted by molar-refractivity contribution is -0.132. The van der Waals surface area contributed by atoms with Crippen molar-refractivity contribution in [2.24, 2.45) is 0 Å². The Morgan fingerprint density at radius 1 is 1.03 bits per heavy atom. The topological polar surface area (TPSA) is 109 Å². The number of rotatable bonds is 7. The molecular formula is C28H23ClN2O6. The number of anilines is 1. The summed E-state index contributed by atoms with van der Waals surface area (Å²) in [7, 11) is 2.97. The van der Waals surface area contributed by atoms with E-state index < -0.39 is 23.5 Å². The molecular weight excluding hydrogens is 496 g/mol. The Bertz CT molecular complexity index is 1440. The molecule has 0 aliphatic carbocycles. The zero-order chi connectivity index (χ0) is 26.7. The van der Waals surface area contributed by atoms with Gasteiger partial charge in [-0.3, -0.25) is 14.5 Å². The van der Waals surface area contributed by atoms with Gasteiger partial charge in [-0.1, -0.05) is 17.7 Å². The molecule has 188 valence electrons. The van der Waals surface area contributed by atoms with Gasteiger partial charge < -0.3 is 19.3 Å². The minimum atomic E-state index is -1.03. The van der Waals surface area contributed by atoms with Crippen LogP contribution < -0.4 is 19.1 Å². The van der Waals surface area contributed by atoms with Crippen LogP contribution in [0.25, 0.3) is 5.76 Å². The van der Waals surface area contributed by atoms with Crippen LogP contribution in [0.15, 0.2) is 66.2 Å². The minimum Gasteiger partial charge on any atom is -0.507 e. The highest BCUT2D eigenvalue weighted by atomic mass is 35.5. The SMILES string of the molecule is CCOc1cc(C2/C(=C(\O)c3cc(OC)ccc3Cl)C(=O)C(=O)N2c2ccc(C#N)cc2)ccc1OC. The lowest BCUT2D eigenvalue weighted by Crippen LogP contribution is -2.29. The van der Waals surface area contributed by atoms with Gasteiger partial charge in [0.25, 0.3) is 11.7 Å². The molecule has 0 bridgehead atoms. The second-order valence-corrected chi connectivity index (χ2v) is 8.42. The lowest BCUT2D eigenvalue weighted by Gasteiger charge is -2.26. The smallest absolute Gasteiger partial charge is 0.300 e. The first-order chi connectivity index (χ1) is 17.8. The van der Waals surface area contributed by atoms with Gasteiger partial charge in [0.05, 0.1) is 49.1 Å². The van der Waals surface area contributed by atoms with Crippen LogP contribution in [-0.4, -0.2) is 37.6 Å². The second-order valence-electron chi connectivity index (χ2n) is 8.02. The summed E-state index contributed by atoms with van der Waals surface area (Å²) >= 11 is 6.37. The number of methoxy groups -OCH3 is 2. The molecule has 1 fully saturated rings. The van der Waals surface area contributed by atoms with E-state index in [0.717, 1.165) is 0 Å². The fraction of sp³-hybridized carbons (Fsp3) is 0.179. The monoisotopic (exact) mass is 518 g/mol. The fourth-order valence-corrected chi connectivity index (χ4v) is 4.41. The Kier molecular flexibility index (Phi) is 7.37. The van der Waals surface area contributed by atoms with Crippen LogP contribution in [0.2, 0.25) is 5.02 Å². The van der Waals surface area contributed by atoms with Crippen LogP contribution in [0.3, 0.4) is 0 Å². The summed E-state index contributed by atoms with van der Waals surface area (Å²) in [4.78, 5) is 28.1. The van der Waals surface area contributed by atoms with E-state index in [1.165, 1.54) is 31.3 Å². The van der Waals surface area contributed by atoms with Gasteiger partial charge in [-0.05, 0) is 67.1 Å². The van der Waals surface area contributed by atoms with E-state index in [1.807, 2.05) is 13.0 Å². The van der Waals surface area contributed by atoms with E-state index in [9.17, 15) is 20.0 Å². The van der Waals surface area contributed by atoms with Crippen LogP contribution in [-0.2, 0) is 9.59 Å². The molecule has 4 rings (SSSR count). The minimum absolute atomic E-state index is 0.141. The summed E-state index contributed by atoms with van der Waals surface area (Å²) in [5, 5.41) is 20.8. The number of carbonyl (C=O) groups is 2. The van der Waals surface area contributed by atoms with Gasteiger partial charge in [0.1, 0.15) is 11.5 Å². The molecule has 0 saturated carbocycles. The Hall–Kier alpha value is -4.48. The maximum Gasteiger partial charge on any atom is 0.300 e. The zero-order valence-electron chi connectivity index (χ0n) is 20.3. The molecule has 0 spiro atoms. The summed E-state index contributed by atoms with van der Waals surface area (Å²) in [5.41, 5.74) is 1.24. The number of halogens is 1. The van der Waals surface area contributed by atoms with Crippen molar-refractivity contribution in [3.8, 4) is 23.3 Å². The number of amides is 1. The summed E-state index contributed by atoms with van der Waals surface area (Å²) in [6.45, 7) is 2.18. The largest absolute Gasteiger partial charge is 0.507 e. The Morgan fingerprint density at radius 3 is 2.38 bits per heavy atom. The maximum absolute atomic E-state index is 13.4. The summed E-state index contributed by atoms with van der Waals surface area (Å²) in [6.07, 6.45) is 0. The van der Waals surface area contributed by atoms with Crippen LogP contribution >= 0.6 is 11.6 Å². The third-order valence-corrected chi connectivity index (χ3v) is 6.28. The summed E-state index contributed by atoms with van der Waals surface area (Å²) in [6, 6.07) is 16.9. The van der Waals surface area contributed by atoms with E-state index in [1.54, 1.807) is 48.5 Å². The molecule has 1 N–H and O–H groups in total. The fourth-order valence-electron chi connectivity index (χ4n) is 4.20. The first kappa shape index (κ1) is 25.6. The number of benzene rings is 3. The molecule has 0 aromatic heterocycles. The highest BCUT2D eigenvalue weighted by Crippen LogP contribution is 2.45. The summed E-state index contributed by atoms with van der Waals surface area (Å²) < 4.78 is 16.4. The van der Waals surface area contributed by atoms with E-state index in [4.69, 9.17) is 25.8 Å². The average molecular weight is 519 g/mol. The number of ketones is 1. The number of Topliss-reactive ketones (excluding diaryl/α,β-unsaturated/α-hetero) is 1. The molecule has 3 aromatic carbocycles. The second kappa shape index (κ2) is 10.6. The van der Waals surface area contributed by atoms with Crippen LogP contribution in [0, 0.1) is 11.3 Å². The maximum atomic E-state index is 13.4. The standard InChI is InChI=1S/C28H23ClN2O6/c1-4-37-23-13-17(7-12-22(23)36-3)25-24(26(32)20-14-19(35-2)10-11-21(20)29)27(33)28(34)31(25)18-8-5-16(15-30)6-9-18/h5-14,25,32H,4H2,1-3H3/b26-24+. The quantitative estimate of drug-likeness (QED) is 0.258. The molecule has 1 heterocycles. The summed E-state index contributed by atoms with van der Waals surface area (Å²) in [5.74, 6) is -0.892. The van der Waals surface area contributed by atoms with Gasteiger partial charge in [0.2, 0.25) is 0 Å². The van der Waals surface area contributed by atoms with Gasteiger partial charge in [-0.15, -0.1) is 0 Å². The Labute approximate surface area is 218 Å². The number of aliphatic hydroxyl groups excluding tert-OH is 1. The van der Waals surface area contributed by atoms with Crippen molar-refractivity contribution in [1.82, 2.24) is 0 Å². The van der Waals surface area contributed by atoms with Gasteiger partial charge in [0, 0.05) is 11.3 Å². The number of nitrogens with zero attached hydrogens (tertiary/aromatic N) is 2. The number of carbonyl (C=O) groups excluding carboxylic acids is 2. The van der Waals surface area contributed by atoms with Gasteiger partial charge in [-0.25, -0.2) is 0 Å². The van der Waals surface area contributed by atoms with Crippen LogP contribution in [0.1, 0.15) is 29.7 Å². The van der Waals surface area contributed by atoms with Crippen molar-refractivity contribution in [1.29, 1.82) is 5.26 Å². The van der Waals surface area contributed by atoms with Crippen LogP contribution in [0.5, 0.6) is 17.2 Å². The van der Waals surface area contributed by atoms with E-state index >= 15 is 0 Å². The number of aliphatic hydroxyl groups is 1. The normalized spacial score (nSPS) is 16.4. The van der Waals surface area contributed by atoms with Crippen molar-refractivity contribution in [2.75, 3.05) is 25.7 Å². The van der Waals surface area contributed by atoms with Crippen molar-refractivity contribution < 1.29 is 28.9 Å². The number of ether oxygens (including phenoxy) is 3. The number of hydrogen-bond donors (Lipinski definition) is 1. The molecule has 9 heteroatoms.